The van der Waals surface area contributed by atoms with E-state index in [9.17, 15) is 0 Å². The fraction of sp³-hybridized carbons (Fsp3) is 0. The first-order valence-corrected chi connectivity index (χ1v) is 3.22. The van der Waals surface area contributed by atoms with Gasteiger partial charge in [0.25, 0.3) is 0 Å². The van der Waals surface area contributed by atoms with Gasteiger partial charge in [-0.25, -0.2) is 0 Å². The lowest BCUT2D eigenvalue weighted by Gasteiger charge is -1.84. The first kappa shape index (κ1) is 5.61. The first-order chi connectivity index (χ1) is 4.88. The molecule has 1 radical (unpaired) electrons. The Kier molecular flexibility index (Phi) is 1.07. The number of hydrogen-bond acceptors (Lipinski definition) is 2. The van der Waals surface area contributed by atoms with E-state index >= 15 is 0 Å². The van der Waals surface area contributed by atoms with Crippen molar-refractivity contribution < 1.29 is 0 Å². The Hall–Kier alpha value is -1.16. The molecule has 1 heterocycles. The molecule has 0 fully saturated rings. The van der Waals surface area contributed by atoms with Gasteiger partial charge in [0.1, 0.15) is 11.0 Å². The summed E-state index contributed by atoms with van der Waals surface area (Å²) in [5, 5.41) is 7.50. The van der Waals surface area contributed by atoms with Crippen molar-refractivity contribution in [1.29, 1.82) is 0 Å². The van der Waals surface area contributed by atoms with Crippen LogP contribution in [0, 0.1) is 0 Å². The summed E-state index contributed by atoms with van der Waals surface area (Å²) in [4.78, 5) is 0. The Labute approximate surface area is 63.2 Å². The average Bonchev–Trinajstić information content (AvgIpc) is 2.34. The van der Waals surface area contributed by atoms with Crippen LogP contribution in [0.4, 0.5) is 0 Å². The standard InChI is InChI=1S/C6H4N3S/c10-9-6-4-2-1-3-5(6)7-8-9/h1-4H. The van der Waals surface area contributed by atoms with Gasteiger partial charge in [0.05, 0.1) is 0 Å². The fourth-order valence-corrected chi connectivity index (χ4v) is 1.04. The minimum absolute atomic E-state index is 0.845. The number of nitrogens with zero attached hydrogens (tertiary/aromatic N) is 3. The molecule has 0 amide bonds. The van der Waals surface area contributed by atoms with Crippen molar-refractivity contribution in [3.05, 3.63) is 24.3 Å². The van der Waals surface area contributed by atoms with E-state index in [0.29, 0.717) is 0 Å². The molecule has 0 saturated heterocycles. The van der Waals surface area contributed by atoms with Crippen LogP contribution in [0.15, 0.2) is 24.3 Å². The van der Waals surface area contributed by atoms with E-state index in [-0.39, 0.29) is 0 Å². The second kappa shape index (κ2) is 1.91. The summed E-state index contributed by atoms with van der Waals surface area (Å²) in [6, 6.07) is 7.59. The smallest absolute Gasteiger partial charge is 0.114 e. The van der Waals surface area contributed by atoms with Gasteiger partial charge in [0.15, 0.2) is 0 Å². The molecule has 3 nitrogen and oxygen atoms in total. The molecule has 0 bridgehead atoms. The first-order valence-electron chi connectivity index (χ1n) is 2.86. The van der Waals surface area contributed by atoms with Crippen molar-refractivity contribution in [3.63, 3.8) is 0 Å². The lowest BCUT2D eigenvalue weighted by atomic mass is 10.3. The van der Waals surface area contributed by atoms with E-state index in [0.717, 1.165) is 11.0 Å². The van der Waals surface area contributed by atoms with Crippen molar-refractivity contribution in [2.45, 2.75) is 0 Å². The van der Waals surface area contributed by atoms with Crippen LogP contribution in [0.2, 0.25) is 0 Å². The summed E-state index contributed by atoms with van der Waals surface area (Å²) in [7, 11) is 0. The van der Waals surface area contributed by atoms with Gasteiger partial charge < -0.3 is 0 Å². The highest BCUT2D eigenvalue weighted by atomic mass is 32.1. The molecule has 49 valence electrons. The van der Waals surface area contributed by atoms with E-state index in [2.05, 4.69) is 10.3 Å². The fourth-order valence-electron chi connectivity index (χ4n) is 0.847. The maximum absolute atomic E-state index is 4.83. The van der Waals surface area contributed by atoms with Crippen molar-refractivity contribution in [2.24, 2.45) is 0 Å². The summed E-state index contributed by atoms with van der Waals surface area (Å²) in [5.74, 6) is 0. The summed E-state index contributed by atoms with van der Waals surface area (Å²) in [6.07, 6.45) is 0. The SMILES string of the molecule is [S]n1nnc2ccccc21. The lowest BCUT2D eigenvalue weighted by molar-refractivity contribution is 0.916. The highest BCUT2D eigenvalue weighted by Crippen LogP contribution is 2.09. The van der Waals surface area contributed by atoms with Gasteiger partial charge in [-0.05, 0) is 12.1 Å². The zero-order valence-corrected chi connectivity index (χ0v) is 5.88. The van der Waals surface area contributed by atoms with Crippen LogP contribution in [0.1, 0.15) is 0 Å². The zero-order valence-electron chi connectivity index (χ0n) is 5.06. The normalized spacial score (nSPS) is 10.4. The Morgan fingerprint density at radius 2 is 2.10 bits per heavy atom. The molecule has 0 aliphatic rings. The van der Waals surface area contributed by atoms with Crippen molar-refractivity contribution in [2.75, 3.05) is 0 Å². The van der Waals surface area contributed by atoms with Crippen LogP contribution in [0.25, 0.3) is 11.0 Å². The molecule has 0 saturated carbocycles. The second-order valence-corrected chi connectivity index (χ2v) is 2.30. The highest BCUT2D eigenvalue weighted by molar-refractivity contribution is 7.78. The van der Waals surface area contributed by atoms with Crippen molar-refractivity contribution >= 4 is 23.8 Å². The third-order valence-corrected chi connectivity index (χ3v) is 1.59. The third kappa shape index (κ3) is 0.657. The molecule has 2 aromatic rings. The Balaban J connectivity index is 2.93. The summed E-state index contributed by atoms with van der Waals surface area (Å²) >= 11 is 4.83. The molecular formula is C6H4N3S. The van der Waals surface area contributed by atoms with Gasteiger partial charge >= 0.3 is 0 Å². The predicted molar refractivity (Wildman–Crippen MR) is 40.5 cm³/mol. The average molecular weight is 150 g/mol. The van der Waals surface area contributed by atoms with E-state index in [1.807, 2.05) is 24.3 Å². The number of rotatable bonds is 0. The van der Waals surface area contributed by atoms with Crippen molar-refractivity contribution in [3.8, 4) is 0 Å². The molecule has 10 heavy (non-hydrogen) atoms. The minimum Gasteiger partial charge on any atom is -0.155 e. The van der Waals surface area contributed by atoms with Gasteiger partial charge in [-0.3, -0.25) is 0 Å². The lowest BCUT2D eigenvalue weighted by Crippen LogP contribution is -1.80. The van der Waals surface area contributed by atoms with Gasteiger partial charge in [0.2, 0.25) is 0 Å². The number of fused-ring (bicyclic) bond motifs is 1. The number of hydrogen-bond donors (Lipinski definition) is 0. The van der Waals surface area contributed by atoms with Gasteiger partial charge in [-0.15, -0.1) is 5.10 Å². The van der Waals surface area contributed by atoms with Gasteiger partial charge in [-0.2, -0.15) is 4.09 Å². The number of aromatic nitrogens is 3. The monoisotopic (exact) mass is 150 g/mol. The predicted octanol–water partition coefficient (Wildman–Crippen LogP) is 1.39. The molecule has 0 spiro atoms. The highest BCUT2D eigenvalue weighted by Gasteiger charge is 1.97. The molecule has 0 atom stereocenters. The van der Waals surface area contributed by atoms with Gasteiger partial charge in [-0.1, -0.05) is 17.3 Å². The number of para-hydroxylation sites is 1. The largest absolute Gasteiger partial charge is 0.155 e. The Bertz CT molecular complexity index is 355. The van der Waals surface area contributed by atoms with Crippen LogP contribution >= 0.6 is 12.8 Å². The molecule has 0 aliphatic carbocycles. The molecule has 1 aromatic carbocycles. The minimum atomic E-state index is 0.845. The molecule has 4 heteroatoms. The Morgan fingerprint density at radius 1 is 1.30 bits per heavy atom. The van der Waals surface area contributed by atoms with E-state index < -0.39 is 0 Å². The van der Waals surface area contributed by atoms with Crippen LogP contribution < -0.4 is 0 Å². The maximum Gasteiger partial charge on any atom is 0.114 e. The quantitative estimate of drug-likeness (QED) is 0.568. The summed E-state index contributed by atoms with van der Waals surface area (Å²) in [6.45, 7) is 0. The molecular weight excluding hydrogens is 146 g/mol. The van der Waals surface area contributed by atoms with Crippen molar-refractivity contribution in [1.82, 2.24) is 14.4 Å². The van der Waals surface area contributed by atoms with Crippen LogP contribution in [-0.2, 0) is 0 Å². The van der Waals surface area contributed by atoms with Crippen LogP contribution in [-0.4, -0.2) is 14.4 Å². The zero-order chi connectivity index (χ0) is 6.97. The Morgan fingerprint density at radius 3 is 2.90 bits per heavy atom. The van der Waals surface area contributed by atoms with Gasteiger partial charge in [0, 0.05) is 12.8 Å². The molecule has 0 aliphatic heterocycles. The summed E-state index contributed by atoms with van der Waals surface area (Å²) < 4.78 is 1.34. The molecule has 1 aromatic heterocycles. The third-order valence-electron chi connectivity index (χ3n) is 1.32. The van der Waals surface area contributed by atoms with E-state index in [1.165, 1.54) is 4.09 Å². The summed E-state index contributed by atoms with van der Waals surface area (Å²) in [5.41, 5.74) is 1.73. The topological polar surface area (TPSA) is 30.7 Å². The molecule has 0 unspecified atom stereocenters. The van der Waals surface area contributed by atoms with E-state index in [1.54, 1.807) is 0 Å². The molecule has 2 rings (SSSR count). The second-order valence-electron chi connectivity index (χ2n) is 1.95. The van der Waals surface area contributed by atoms with E-state index in [4.69, 9.17) is 12.8 Å². The molecule has 0 N–H and O–H groups in total. The van der Waals surface area contributed by atoms with Crippen LogP contribution in [0.3, 0.4) is 0 Å². The maximum atomic E-state index is 4.83. The van der Waals surface area contributed by atoms with Crippen LogP contribution in [0.5, 0.6) is 0 Å². The number of benzene rings is 1.